The Morgan fingerprint density at radius 1 is 1.50 bits per heavy atom. The predicted molar refractivity (Wildman–Crippen MR) is 84.5 cm³/mol. The lowest BCUT2D eigenvalue weighted by Gasteiger charge is -2.16. The second kappa shape index (κ2) is 7.33. The van der Waals surface area contributed by atoms with Gasteiger partial charge >= 0.3 is 6.03 Å². The van der Waals surface area contributed by atoms with Gasteiger partial charge in [-0.3, -0.25) is 5.32 Å². The highest BCUT2D eigenvalue weighted by molar-refractivity contribution is 7.15. The fraction of sp³-hybridized carbons (Fsp3) is 0.333. The zero-order valence-corrected chi connectivity index (χ0v) is 13.5. The first-order chi connectivity index (χ1) is 10.5. The molecule has 0 aliphatic heterocycles. The summed E-state index contributed by atoms with van der Waals surface area (Å²) in [6.45, 7) is 4.12. The van der Waals surface area contributed by atoms with Crippen molar-refractivity contribution in [3.63, 3.8) is 0 Å². The monoisotopic (exact) mass is 323 g/mol. The van der Waals surface area contributed by atoms with Crippen molar-refractivity contribution >= 4 is 22.5 Å². The molecule has 2 rings (SSSR count). The van der Waals surface area contributed by atoms with Crippen molar-refractivity contribution in [2.24, 2.45) is 0 Å². The average Bonchev–Trinajstić information content (AvgIpc) is 2.86. The molecule has 1 aromatic heterocycles. The fourth-order valence-electron chi connectivity index (χ4n) is 2.11. The van der Waals surface area contributed by atoms with Gasteiger partial charge in [0.25, 0.3) is 0 Å². The molecule has 118 valence electrons. The van der Waals surface area contributed by atoms with E-state index in [9.17, 15) is 9.18 Å². The Hall–Kier alpha value is -1.99. The van der Waals surface area contributed by atoms with Crippen LogP contribution >= 0.6 is 11.3 Å². The number of hydrogen-bond acceptors (Lipinski definition) is 4. The number of halogens is 1. The van der Waals surface area contributed by atoms with Crippen LogP contribution in [0.25, 0.3) is 0 Å². The van der Waals surface area contributed by atoms with Gasteiger partial charge in [-0.05, 0) is 37.1 Å². The van der Waals surface area contributed by atoms with Crippen LogP contribution in [0.1, 0.15) is 29.0 Å². The first-order valence-corrected chi connectivity index (χ1v) is 7.58. The van der Waals surface area contributed by atoms with Gasteiger partial charge in [0.2, 0.25) is 0 Å². The molecule has 0 spiro atoms. The molecular formula is C15H18FN3O2S. The Morgan fingerprint density at radius 3 is 2.95 bits per heavy atom. The van der Waals surface area contributed by atoms with Gasteiger partial charge in [-0.25, -0.2) is 14.2 Å². The molecule has 1 heterocycles. The summed E-state index contributed by atoms with van der Waals surface area (Å²) >= 11 is 1.36. The molecule has 7 heteroatoms. The quantitative estimate of drug-likeness (QED) is 0.883. The first kappa shape index (κ1) is 16.4. The maximum absolute atomic E-state index is 13.1. The molecule has 0 aliphatic rings. The summed E-state index contributed by atoms with van der Waals surface area (Å²) in [5.74, 6) is -0.286. The number of aromatic nitrogens is 1. The zero-order chi connectivity index (χ0) is 16.1. The van der Waals surface area contributed by atoms with Gasteiger partial charge in [0.05, 0.1) is 17.5 Å². The minimum Gasteiger partial charge on any atom is -0.379 e. The summed E-state index contributed by atoms with van der Waals surface area (Å²) in [7, 11) is 1.60. The lowest BCUT2D eigenvalue weighted by atomic mass is 10.0. The first-order valence-electron chi connectivity index (χ1n) is 6.77. The van der Waals surface area contributed by atoms with Crippen LogP contribution in [0.2, 0.25) is 0 Å². The maximum Gasteiger partial charge on any atom is 0.321 e. The summed E-state index contributed by atoms with van der Waals surface area (Å²) in [4.78, 5) is 17.0. The van der Waals surface area contributed by atoms with Crippen LogP contribution in [0.4, 0.5) is 14.3 Å². The number of carbonyl (C=O) groups excluding carboxylic acids is 1. The number of hydrogen-bond donors (Lipinski definition) is 2. The van der Waals surface area contributed by atoms with E-state index < -0.39 is 0 Å². The molecule has 0 aliphatic carbocycles. The van der Waals surface area contributed by atoms with Crippen molar-refractivity contribution in [1.29, 1.82) is 0 Å². The number of thiazole rings is 1. The van der Waals surface area contributed by atoms with E-state index in [1.807, 2.05) is 13.8 Å². The van der Waals surface area contributed by atoms with E-state index in [-0.39, 0.29) is 17.9 Å². The van der Waals surface area contributed by atoms with Gasteiger partial charge in [0.1, 0.15) is 5.82 Å². The smallest absolute Gasteiger partial charge is 0.321 e. The van der Waals surface area contributed by atoms with Crippen molar-refractivity contribution in [3.8, 4) is 0 Å². The molecule has 2 amide bonds. The minimum atomic E-state index is -0.352. The molecule has 22 heavy (non-hydrogen) atoms. The normalized spacial score (nSPS) is 12.0. The van der Waals surface area contributed by atoms with E-state index in [1.54, 1.807) is 19.4 Å². The number of nitrogens with zero attached hydrogens (tertiary/aromatic N) is 1. The van der Waals surface area contributed by atoms with Gasteiger partial charge in [0.15, 0.2) is 5.13 Å². The van der Waals surface area contributed by atoms with Crippen LogP contribution in [0.3, 0.4) is 0 Å². The molecule has 5 nitrogen and oxygen atoms in total. The number of rotatable bonds is 5. The average molecular weight is 323 g/mol. The van der Waals surface area contributed by atoms with E-state index >= 15 is 0 Å². The van der Waals surface area contributed by atoms with Crippen molar-refractivity contribution in [3.05, 3.63) is 46.2 Å². The SMILES string of the molecule is COCc1cnc(NC(=O)N[C@@H](C)c2ccc(F)cc2C)s1. The topological polar surface area (TPSA) is 63.2 Å². The highest BCUT2D eigenvalue weighted by Crippen LogP contribution is 2.20. The number of benzene rings is 1. The van der Waals surface area contributed by atoms with Crippen molar-refractivity contribution in [1.82, 2.24) is 10.3 Å². The van der Waals surface area contributed by atoms with E-state index in [0.717, 1.165) is 16.0 Å². The van der Waals surface area contributed by atoms with E-state index in [2.05, 4.69) is 15.6 Å². The largest absolute Gasteiger partial charge is 0.379 e. The molecule has 0 unspecified atom stereocenters. The highest BCUT2D eigenvalue weighted by atomic mass is 32.1. The van der Waals surface area contributed by atoms with Crippen molar-refractivity contribution < 1.29 is 13.9 Å². The standard InChI is InChI=1S/C15H18FN3O2S/c1-9-6-11(16)4-5-13(9)10(2)18-14(20)19-15-17-7-12(22-15)8-21-3/h4-7,10H,8H2,1-3H3,(H2,17,18,19,20)/t10-/m0/s1. The molecule has 1 atom stereocenters. The third kappa shape index (κ3) is 4.25. The van der Waals surface area contributed by atoms with E-state index in [0.29, 0.717) is 11.7 Å². The maximum atomic E-state index is 13.1. The van der Waals surface area contributed by atoms with Gasteiger partial charge < -0.3 is 10.1 Å². The van der Waals surface area contributed by atoms with Gasteiger partial charge in [0, 0.05) is 13.3 Å². The number of methoxy groups -OCH3 is 1. The van der Waals surface area contributed by atoms with E-state index in [4.69, 9.17) is 4.74 Å². The summed E-state index contributed by atoms with van der Waals surface area (Å²) in [6, 6.07) is 3.92. The molecule has 0 saturated carbocycles. The Bertz CT molecular complexity index is 660. The number of urea groups is 1. The molecule has 0 bridgehead atoms. The van der Waals surface area contributed by atoms with Crippen molar-refractivity contribution in [2.45, 2.75) is 26.5 Å². The molecule has 1 aromatic carbocycles. The predicted octanol–water partition coefficient (Wildman–Crippen LogP) is 3.62. The summed E-state index contributed by atoms with van der Waals surface area (Å²) in [5, 5.41) is 6.00. The van der Waals surface area contributed by atoms with Gasteiger partial charge in [-0.15, -0.1) is 0 Å². The Labute approximate surface area is 132 Å². The Balaban J connectivity index is 1.95. The van der Waals surface area contributed by atoms with Gasteiger partial charge in [-0.1, -0.05) is 17.4 Å². The minimum absolute atomic E-state index is 0.237. The number of carbonyl (C=O) groups is 1. The van der Waals surface area contributed by atoms with Gasteiger partial charge in [-0.2, -0.15) is 0 Å². The van der Waals surface area contributed by atoms with Crippen LogP contribution in [0, 0.1) is 12.7 Å². The Kier molecular flexibility index (Phi) is 5.46. The lowest BCUT2D eigenvalue weighted by molar-refractivity contribution is 0.187. The third-order valence-electron chi connectivity index (χ3n) is 3.11. The van der Waals surface area contributed by atoms with Crippen LogP contribution in [-0.2, 0) is 11.3 Å². The second-order valence-electron chi connectivity index (χ2n) is 4.89. The second-order valence-corrected chi connectivity index (χ2v) is 6.00. The summed E-state index contributed by atoms with van der Waals surface area (Å²) < 4.78 is 18.1. The van der Waals surface area contributed by atoms with Crippen molar-refractivity contribution in [2.75, 3.05) is 12.4 Å². The highest BCUT2D eigenvalue weighted by Gasteiger charge is 2.13. The summed E-state index contributed by atoms with van der Waals surface area (Å²) in [5.41, 5.74) is 1.67. The zero-order valence-electron chi connectivity index (χ0n) is 12.6. The molecule has 2 N–H and O–H groups in total. The van der Waals surface area contributed by atoms with Crippen LogP contribution < -0.4 is 10.6 Å². The number of ether oxygens (including phenoxy) is 1. The third-order valence-corrected chi connectivity index (χ3v) is 3.99. The number of anilines is 1. The Morgan fingerprint density at radius 2 is 2.27 bits per heavy atom. The molecule has 0 saturated heterocycles. The molecular weight excluding hydrogens is 305 g/mol. The van der Waals surface area contributed by atoms with Crippen LogP contribution in [0.15, 0.2) is 24.4 Å². The number of amides is 2. The molecule has 2 aromatic rings. The molecule has 0 fully saturated rings. The lowest BCUT2D eigenvalue weighted by Crippen LogP contribution is -2.31. The van der Waals surface area contributed by atoms with Crippen LogP contribution in [-0.4, -0.2) is 18.1 Å². The number of aryl methyl sites for hydroxylation is 1. The fourth-order valence-corrected chi connectivity index (χ4v) is 2.89. The summed E-state index contributed by atoms with van der Waals surface area (Å²) in [6.07, 6.45) is 1.66. The van der Waals surface area contributed by atoms with E-state index in [1.165, 1.54) is 23.5 Å². The molecule has 0 radical (unpaired) electrons. The van der Waals surface area contributed by atoms with Crippen LogP contribution in [0.5, 0.6) is 0 Å². The number of nitrogens with one attached hydrogen (secondary N) is 2.